The van der Waals surface area contributed by atoms with Gasteiger partial charge in [-0.2, -0.15) is 5.26 Å². The highest BCUT2D eigenvalue weighted by Crippen LogP contribution is 2.45. The molecule has 0 bridgehead atoms. The number of hydrogen-bond acceptors (Lipinski definition) is 5. The van der Waals surface area contributed by atoms with Gasteiger partial charge in [-0.05, 0) is 44.3 Å². The van der Waals surface area contributed by atoms with Crippen LogP contribution in [0.2, 0.25) is 0 Å². The Bertz CT molecular complexity index is 1280. The van der Waals surface area contributed by atoms with Gasteiger partial charge in [0.2, 0.25) is 0 Å². The number of fused-ring (bicyclic) bond motifs is 3. The highest BCUT2D eigenvalue weighted by atomic mass is 19.1. The van der Waals surface area contributed by atoms with Crippen molar-refractivity contribution in [1.82, 2.24) is 10.3 Å². The molecule has 2 N–H and O–H groups in total. The summed E-state index contributed by atoms with van der Waals surface area (Å²) in [4.78, 5) is 19.8. The van der Waals surface area contributed by atoms with E-state index in [9.17, 15) is 14.4 Å². The van der Waals surface area contributed by atoms with E-state index in [1.165, 1.54) is 29.2 Å². The number of amides is 2. The normalized spacial score (nSPS) is 12.6. The van der Waals surface area contributed by atoms with Crippen LogP contribution in [-0.2, 0) is 0 Å². The first-order valence-corrected chi connectivity index (χ1v) is 10.6. The minimum atomic E-state index is -0.977. The van der Waals surface area contributed by atoms with Crippen LogP contribution in [0, 0.1) is 28.8 Å². The number of aromatic nitrogens is 1. The second-order valence-corrected chi connectivity index (χ2v) is 7.55. The van der Waals surface area contributed by atoms with E-state index in [1.807, 2.05) is 6.07 Å². The Balaban J connectivity index is 1.96. The molecule has 0 radical (unpaired) electrons. The third kappa shape index (κ3) is 4.02. The molecule has 1 aliphatic rings. The maximum Gasteiger partial charge on any atom is 0.334 e. The van der Waals surface area contributed by atoms with Crippen LogP contribution in [0.3, 0.4) is 0 Å². The first kappa shape index (κ1) is 23.1. The van der Waals surface area contributed by atoms with Crippen LogP contribution in [0.15, 0.2) is 42.6 Å². The molecular weight excluding hydrogens is 445 g/mol. The van der Waals surface area contributed by atoms with E-state index in [4.69, 9.17) is 0 Å². The lowest BCUT2D eigenvalue weighted by Gasteiger charge is -2.28. The van der Waals surface area contributed by atoms with Gasteiger partial charge in [-0.1, -0.05) is 6.07 Å². The van der Waals surface area contributed by atoms with E-state index in [1.54, 1.807) is 14.0 Å². The number of urea groups is 1. The number of carbonyl (C=O) groups is 1. The van der Waals surface area contributed by atoms with Crippen LogP contribution in [0.5, 0.6) is 0 Å². The molecule has 3 aromatic rings. The molecule has 2 amide bonds. The van der Waals surface area contributed by atoms with Crippen LogP contribution in [0.4, 0.5) is 40.8 Å². The lowest BCUT2D eigenvalue weighted by atomic mass is 10.0. The van der Waals surface area contributed by atoms with Gasteiger partial charge >= 0.3 is 6.03 Å². The van der Waals surface area contributed by atoms with Gasteiger partial charge < -0.3 is 10.6 Å². The van der Waals surface area contributed by atoms with Gasteiger partial charge in [-0.15, -0.1) is 0 Å². The Morgan fingerprint density at radius 3 is 2.44 bits per heavy atom. The van der Waals surface area contributed by atoms with E-state index < -0.39 is 29.2 Å². The van der Waals surface area contributed by atoms with Gasteiger partial charge in [-0.3, -0.25) is 9.80 Å². The van der Waals surface area contributed by atoms with Crippen molar-refractivity contribution in [2.24, 2.45) is 0 Å². The first-order valence-electron chi connectivity index (χ1n) is 10.6. The fourth-order valence-electron chi connectivity index (χ4n) is 3.89. The summed E-state index contributed by atoms with van der Waals surface area (Å²) in [5.74, 6) is -2.45. The van der Waals surface area contributed by atoms with Gasteiger partial charge in [-0.25, -0.2) is 22.9 Å². The molecule has 0 spiro atoms. The van der Waals surface area contributed by atoms with E-state index >= 15 is 8.78 Å². The largest absolute Gasteiger partial charge is 0.384 e. The van der Waals surface area contributed by atoms with E-state index in [0.29, 0.717) is 18.7 Å². The fourth-order valence-corrected chi connectivity index (χ4v) is 3.89. The van der Waals surface area contributed by atoms with Gasteiger partial charge in [0.25, 0.3) is 0 Å². The molecule has 1 aromatic heterocycles. The molecule has 4 rings (SSSR count). The zero-order chi connectivity index (χ0) is 24.4. The summed E-state index contributed by atoms with van der Waals surface area (Å²) in [5.41, 5.74) is 0.387. The SMILES string of the molecule is CCN1C(=O)N(c2c(F)cc(NCCNC)cc2F)c2cc(C#N)ccc2-c2cc(F)cnc21. The molecule has 0 fully saturated rings. The maximum atomic E-state index is 15.4. The van der Waals surface area contributed by atoms with Crippen molar-refractivity contribution in [3.05, 3.63) is 65.6 Å². The van der Waals surface area contributed by atoms with Crippen molar-refractivity contribution in [3.63, 3.8) is 0 Å². The Hall–Kier alpha value is -4.10. The summed E-state index contributed by atoms with van der Waals surface area (Å²) < 4.78 is 44.9. The molecule has 0 saturated heterocycles. The summed E-state index contributed by atoms with van der Waals surface area (Å²) in [6.45, 7) is 2.78. The molecule has 0 unspecified atom stereocenters. The molecule has 2 heterocycles. The lowest BCUT2D eigenvalue weighted by Crippen LogP contribution is -2.41. The summed E-state index contributed by atoms with van der Waals surface area (Å²) >= 11 is 0. The van der Waals surface area contributed by atoms with E-state index in [-0.39, 0.29) is 34.9 Å². The Morgan fingerprint density at radius 1 is 1.06 bits per heavy atom. The fraction of sp³-hybridized carbons (Fsp3) is 0.208. The number of nitrogens with zero attached hydrogens (tertiary/aromatic N) is 4. The number of rotatable bonds is 6. The molecular formula is C24H21F3N6O. The zero-order valence-electron chi connectivity index (χ0n) is 18.5. The quantitative estimate of drug-likeness (QED) is 0.512. The van der Waals surface area contributed by atoms with Crippen molar-refractivity contribution in [2.75, 3.05) is 41.8 Å². The molecule has 2 aromatic carbocycles. The Kier molecular flexibility index (Phi) is 6.38. The smallest absolute Gasteiger partial charge is 0.334 e. The molecule has 1 aliphatic heterocycles. The van der Waals surface area contributed by atoms with E-state index in [2.05, 4.69) is 15.6 Å². The van der Waals surface area contributed by atoms with Crippen LogP contribution in [-0.4, -0.2) is 37.7 Å². The predicted molar refractivity (Wildman–Crippen MR) is 124 cm³/mol. The average molecular weight is 466 g/mol. The van der Waals surface area contributed by atoms with Crippen molar-refractivity contribution < 1.29 is 18.0 Å². The number of halogens is 3. The number of pyridine rings is 1. The van der Waals surface area contributed by atoms with Gasteiger partial charge in [0.1, 0.15) is 17.3 Å². The standard InChI is InChI=1S/C24H21F3N6O/c1-3-32-23-18(9-15(25)13-31-23)17-5-4-14(12-28)8-21(17)33(24(32)34)22-19(26)10-16(11-20(22)27)30-7-6-29-2/h4-5,8-11,13,29-30H,3,6-7H2,1-2H3. The predicted octanol–water partition coefficient (Wildman–Crippen LogP) is 4.77. The van der Waals surface area contributed by atoms with Gasteiger partial charge in [0, 0.05) is 36.4 Å². The third-order valence-corrected chi connectivity index (χ3v) is 5.43. The highest BCUT2D eigenvalue weighted by Gasteiger charge is 2.36. The zero-order valence-corrected chi connectivity index (χ0v) is 18.5. The van der Waals surface area contributed by atoms with Gasteiger partial charge in [0.15, 0.2) is 11.6 Å². The Morgan fingerprint density at radius 2 is 1.79 bits per heavy atom. The summed E-state index contributed by atoms with van der Waals surface area (Å²) in [6.07, 6.45) is 0.973. The molecule has 0 saturated carbocycles. The molecule has 174 valence electrons. The lowest BCUT2D eigenvalue weighted by molar-refractivity contribution is 0.253. The monoisotopic (exact) mass is 466 g/mol. The summed E-state index contributed by atoms with van der Waals surface area (Å²) in [7, 11) is 1.75. The minimum Gasteiger partial charge on any atom is -0.384 e. The molecule has 10 heteroatoms. The number of likely N-dealkylation sites (N-methyl/N-ethyl adjacent to an activating group) is 1. The highest BCUT2D eigenvalue weighted by molar-refractivity contribution is 6.14. The van der Waals surface area contributed by atoms with Crippen LogP contribution in [0.25, 0.3) is 11.1 Å². The van der Waals surface area contributed by atoms with Crippen LogP contribution in [0.1, 0.15) is 12.5 Å². The second-order valence-electron chi connectivity index (χ2n) is 7.55. The molecule has 0 atom stereocenters. The van der Waals surface area contributed by atoms with Crippen molar-refractivity contribution in [1.29, 1.82) is 5.26 Å². The molecule has 34 heavy (non-hydrogen) atoms. The molecule has 0 aliphatic carbocycles. The topological polar surface area (TPSA) is 84.3 Å². The Labute approximate surface area is 194 Å². The van der Waals surface area contributed by atoms with Crippen molar-refractivity contribution >= 4 is 28.9 Å². The van der Waals surface area contributed by atoms with Crippen molar-refractivity contribution in [3.8, 4) is 17.2 Å². The first-order chi connectivity index (χ1) is 16.4. The number of hydrogen-bond donors (Lipinski definition) is 2. The number of nitrogens with one attached hydrogen (secondary N) is 2. The van der Waals surface area contributed by atoms with Crippen LogP contribution < -0.4 is 20.4 Å². The number of benzene rings is 2. The number of anilines is 4. The summed E-state index contributed by atoms with van der Waals surface area (Å²) in [6, 6.07) is 8.92. The maximum absolute atomic E-state index is 15.4. The summed E-state index contributed by atoms with van der Waals surface area (Å²) in [5, 5.41) is 15.2. The van der Waals surface area contributed by atoms with Gasteiger partial charge in [0.05, 0.1) is 23.5 Å². The van der Waals surface area contributed by atoms with Crippen LogP contribution >= 0.6 is 0 Å². The minimum absolute atomic E-state index is 0.0438. The number of carbonyl (C=O) groups excluding carboxylic acids is 1. The third-order valence-electron chi connectivity index (χ3n) is 5.43. The number of nitriles is 1. The average Bonchev–Trinajstić information content (AvgIpc) is 2.91. The van der Waals surface area contributed by atoms with Crippen molar-refractivity contribution in [2.45, 2.75) is 6.92 Å². The van der Waals surface area contributed by atoms with E-state index in [0.717, 1.165) is 23.2 Å². The second kappa shape index (κ2) is 9.41. The molecule has 7 nitrogen and oxygen atoms in total.